The number of amides is 1. The summed E-state index contributed by atoms with van der Waals surface area (Å²) in [7, 11) is 0. The molecule has 1 saturated heterocycles. The highest BCUT2D eigenvalue weighted by Crippen LogP contribution is 2.25. The quantitative estimate of drug-likeness (QED) is 0.604. The molecule has 6 nitrogen and oxygen atoms in total. The number of nitrogens with one attached hydrogen (secondary N) is 4. The van der Waals surface area contributed by atoms with Crippen LogP contribution in [0.15, 0.2) is 48.8 Å². The van der Waals surface area contributed by atoms with Crippen LogP contribution in [-0.4, -0.2) is 30.5 Å². The van der Waals surface area contributed by atoms with Crippen molar-refractivity contribution in [2.75, 3.05) is 25.0 Å². The number of aryl methyl sites for hydroxylation is 1. The third-order valence-corrected chi connectivity index (χ3v) is 4.13. The Morgan fingerprint density at radius 3 is 3.00 bits per heavy atom. The number of rotatable bonds is 6. The van der Waals surface area contributed by atoms with Crippen LogP contribution >= 0.6 is 0 Å². The van der Waals surface area contributed by atoms with Gasteiger partial charge in [-0.15, -0.1) is 0 Å². The van der Waals surface area contributed by atoms with Crippen LogP contribution in [0.3, 0.4) is 0 Å². The van der Waals surface area contributed by atoms with Crippen LogP contribution < -0.4 is 21.5 Å². The number of benzene rings is 1. The summed E-state index contributed by atoms with van der Waals surface area (Å²) in [5, 5.41) is 6.24. The highest BCUT2D eigenvalue weighted by atomic mass is 16.2. The fourth-order valence-corrected chi connectivity index (χ4v) is 2.91. The summed E-state index contributed by atoms with van der Waals surface area (Å²) in [6.45, 7) is 3.93. The van der Waals surface area contributed by atoms with Gasteiger partial charge in [-0.05, 0) is 24.6 Å². The number of hydrogen-bond acceptors (Lipinski definition) is 5. The van der Waals surface area contributed by atoms with Crippen LogP contribution in [0.25, 0.3) is 0 Å². The first kappa shape index (κ1) is 16.4. The van der Waals surface area contributed by atoms with Crippen LogP contribution in [0.2, 0.25) is 0 Å². The minimum atomic E-state index is -0.120. The van der Waals surface area contributed by atoms with Crippen LogP contribution in [0, 0.1) is 12.8 Å². The first-order chi connectivity index (χ1) is 11.7. The second kappa shape index (κ2) is 7.90. The van der Waals surface area contributed by atoms with E-state index in [0.717, 1.165) is 11.3 Å². The molecule has 0 spiro atoms. The molecule has 126 valence electrons. The van der Waals surface area contributed by atoms with Gasteiger partial charge in [0.15, 0.2) is 0 Å². The highest BCUT2D eigenvalue weighted by molar-refractivity contribution is 5.80. The molecule has 0 bridgehead atoms. The topological polar surface area (TPSA) is 78.1 Å². The maximum atomic E-state index is 12.5. The van der Waals surface area contributed by atoms with E-state index < -0.39 is 0 Å². The van der Waals surface area contributed by atoms with Gasteiger partial charge in [-0.2, -0.15) is 0 Å². The molecule has 1 aromatic heterocycles. The van der Waals surface area contributed by atoms with Gasteiger partial charge in [0, 0.05) is 32.0 Å². The highest BCUT2D eigenvalue weighted by Gasteiger charge is 2.33. The monoisotopic (exact) mass is 325 g/mol. The zero-order valence-corrected chi connectivity index (χ0v) is 13.8. The van der Waals surface area contributed by atoms with Crippen molar-refractivity contribution < 1.29 is 4.79 Å². The molecule has 1 aromatic carbocycles. The smallest absolute Gasteiger partial charge is 0.226 e. The van der Waals surface area contributed by atoms with Crippen molar-refractivity contribution in [3.8, 4) is 0 Å². The van der Waals surface area contributed by atoms with E-state index in [4.69, 9.17) is 0 Å². The van der Waals surface area contributed by atoms with Crippen LogP contribution in [0.5, 0.6) is 0 Å². The van der Waals surface area contributed by atoms with E-state index >= 15 is 0 Å². The van der Waals surface area contributed by atoms with Gasteiger partial charge in [-0.25, -0.2) is 5.43 Å². The standard InChI is InChI=1S/C18H23N5O/c1-13-4-2-5-14(10-13)17-16(12-22-23-17)18(24)21-9-8-20-15-6-3-7-19-11-15/h2-7,10-11,16-17,20,22-23H,8-9,12H2,1H3,(H,21,24). The van der Waals surface area contributed by atoms with Crippen molar-refractivity contribution in [2.45, 2.75) is 13.0 Å². The van der Waals surface area contributed by atoms with Crippen molar-refractivity contribution in [3.63, 3.8) is 0 Å². The molecular weight excluding hydrogens is 302 g/mol. The molecule has 1 aliphatic rings. The number of anilines is 1. The zero-order valence-electron chi connectivity index (χ0n) is 13.8. The van der Waals surface area contributed by atoms with E-state index in [2.05, 4.69) is 51.6 Å². The van der Waals surface area contributed by atoms with Gasteiger partial charge in [-0.3, -0.25) is 15.2 Å². The first-order valence-electron chi connectivity index (χ1n) is 8.20. The summed E-state index contributed by atoms with van der Waals surface area (Å²) in [6, 6.07) is 12.1. The van der Waals surface area contributed by atoms with Crippen molar-refractivity contribution in [2.24, 2.45) is 5.92 Å². The van der Waals surface area contributed by atoms with Gasteiger partial charge in [0.05, 0.1) is 17.6 Å². The maximum Gasteiger partial charge on any atom is 0.226 e. The van der Waals surface area contributed by atoms with Crippen molar-refractivity contribution >= 4 is 11.6 Å². The van der Waals surface area contributed by atoms with Crippen molar-refractivity contribution in [1.82, 2.24) is 21.2 Å². The van der Waals surface area contributed by atoms with Gasteiger partial charge in [0.1, 0.15) is 0 Å². The molecule has 3 rings (SSSR count). The summed E-state index contributed by atoms with van der Waals surface area (Å²) in [4.78, 5) is 16.5. The summed E-state index contributed by atoms with van der Waals surface area (Å²) in [5.74, 6) is -0.0582. The molecule has 1 aliphatic heterocycles. The predicted octanol–water partition coefficient (Wildman–Crippen LogP) is 1.38. The summed E-state index contributed by atoms with van der Waals surface area (Å²) in [6.07, 6.45) is 3.50. The Labute approximate surface area is 142 Å². The van der Waals surface area contributed by atoms with E-state index in [9.17, 15) is 4.79 Å². The van der Waals surface area contributed by atoms with E-state index in [1.54, 1.807) is 12.4 Å². The third kappa shape index (κ3) is 4.10. The Kier molecular flexibility index (Phi) is 5.40. The number of hydrazine groups is 1. The number of carbonyl (C=O) groups excluding carboxylic acids is 1. The zero-order chi connectivity index (χ0) is 16.8. The second-order valence-electron chi connectivity index (χ2n) is 5.98. The number of pyridine rings is 1. The third-order valence-electron chi connectivity index (χ3n) is 4.13. The molecular formula is C18H23N5O. The van der Waals surface area contributed by atoms with E-state index in [0.29, 0.717) is 19.6 Å². The molecule has 0 saturated carbocycles. The Morgan fingerprint density at radius 1 is 1.29 bits per heavy atom. The molecule has 2 unspecified atom stereocenters. The van der Waals surface area contributed by atoms with Crippen molar-refractivity contribution in [3.05, 3.63) is 59.9 Å². The average molecular weight is 325 g/mol. The predicted molar refractivity (Wildman–Crippen MR) is 94.3 cm³/mol. The number of hydrogen-bond donors (Lipinski definition) is 4. The number of aromatic nitrogens is 1. The van der Waals surface area contributed by atoms with E-state index in [1.807, 2.05) is 18.2 Å². The van der Waals surface area contributed by atoms with Crippen LogP contribution in [0.4, 0.5) is 5.69 Å². The molecule has 0 radical (unpaired) electrons. The van der Waals surface area contributed by atoms with Gasteiger partial charge in [0.2, 0.25) is 5.91 Å². The minimum absolute atomic E-state index is 0.00353. The Bertz CT molecular complexity index is 676. The molecule has 6 heteroatoms. The largest absolute Gasteiger partial charge is 0.382 e. The van der Waals surface area contributed by atoms with Gasteiger partial charge in [0.25, 0.3) is 0 Å². The maximum absolute atomic E-state index is 12.5. The lowest BCUT2D eigenvalue weighted by atomic mass is 9.93. The summed E-state index contributed by atoms with van der Waals surface area (Å²) < 4.78 is 0. The minimum Gasteiger partial charge on any atom is -0.382 e. The fourth-order valence-electron chi connectivity index (χ4n) is 2.91. The molecule has 1 fully saturated rings. The van der Waals surface area contributed by atoms with E-state index in [-0.39, 0.29) is 17.9 Å². The van der Waals surface area contributed by atoms with Crippen molar-refractivity contribution in [1.29, 1.82) is 0 Å². The molecule has 24 heavy (non-hydrogen) atoms. The second-order valence-corrected chi connectivity index (χ2v) is 5.98. The van der Waals surface area contributed by atoms with Gasteiger partial charge in [-0.1, -0.05) is 29.8 Å². The Balaban J connectivity index is 1.50. The van der Waals surface area contributed by atoms with Crippen LogP contribution in [0.1, 0.15) is 17.2 Å². The molecule has 0 aliphatic carbocycles. The Morgan fingerprint density at radius 2 is 2.21 bits per heavy atom. The van der Waals surface area contributed by atoms with Gasteiger partial charge < -0.3 is 10.6 Å². The SMILES string of the molecule is Cc1cccc(C2NNCC2C(=O)NCCNc2cccnc2)c1. The lowest BCUT2D eigenvalue weighted by Crippen LogP contribution is -2.37. The number of nitrogens with zero attached hydrogens (tertiary/aromatic N) is 1. The lowest BCUT2D eigenvalue weighted by molar-refractivity contribution is -0.124. The molecule has 4 N–H and O–H groups in total. The fraction of sp³-hybridized carbons (Fsp3) is 0.333. The molecule has 2 atom stereocenters. The average Bonchev–Trinajstić information content (AvgIpc) is 3.09. The number of carbonyl (C=O) groups is 1. The summed E-state index contributed by atoms with van der Waals surface area (Å²) in [5.41, 5.74) is 9.60. The van der Waals surface area contributed by atoms with E-state index in [1.165, 1.54) is 5.56 Å². The van der Waals surface area contributed by atoms with Crippen LogP contribution in [-0.2, 0) is 4.79 Å². The lowest BCUT2D eigenvalue weighted by Gasteiger charge is -2.19. The summed E-state index contributed by atoms with van der Waals surface area (Å²) >= 11 is 0. The van der Waals surface area contributed by atoms with Gasteiger partial charge >= 0.3 is 0 Å². The molecule has 1 amide bonds. The normalized spacial score (nSPS) is 19.9. The first-order valence-corrected chi connectivity index (χ1v) is 8.20. The molecule has 2 heterocycles. The molecule has 2 aromatic rings. The Hall–Kier alpha value is -2.44.